The zero-order valence-electron chi connectivity index (χ0n) is 12.3. The van der Waals surface area contributed by atoms with E-state index < -0.39 is 52.5 Å². The van der Waals surface area contributed by atoms with Crippen molar-refractivity contribution in [3.05, 3.63) is 46.8 Å². The Balaban J connectivity index is 2.42. The minimum Gasteiger partial charge on any atom is -0.394 e. The van der Waals surface area contributed by atoms with Gasteiger partial charge in [-0.1, -0.05) is 24.3 Å². The summed E-state index contributed by atoms with van der Waals surface area (Å²) < 4.78 is 88.8. The maximum Gasteiger partial charge on any atom is 0.460 e. The number of halogens is 7. The average Bonchev–Trinajstić information content (AvgIpc) is 2.55. The summed E-state index contributed by atoms with van der Waals surface area (Å²) >= 11 is 0. The van der Waals surface area contributed by atoms with Crippen molar-refractivity contribution < 1.29 is 45.1 Å². The fraction of sp³-hybridized carbons (Fsp3) is 0.214. The first-order chi connectivity index (χ1) is 11.7. The lowest BCUT2D eigenvalue weighted by Crippen LogP contribution is -2.59. The zero-order valence-corrected chi connectivity index (χ0v) is 12.3. The summed E-state index contributed by atoms with van der Waals surface area (Å²) in [4.78, 5) is 35.4. The van der Waals surface area contributed by atoms with Gasteiger partial charge in [-0.25, -0.2) is 0 Å². The maximum atomic E-state index is 13.4. The van der Waals surface area contributed by atoms with E-state index in [9.17, 15) is 45.1 Å². The molecule has 0 saturated carbocycles. The van der Waals surface area contributed by atoms with Crippen LogP contribution in [0.15, 0.2) is 35.7 Å². The number of hydrogen-bond acceptors (Lipinski definition) is 4. The van der Waals surface area contributed by atoms with Crippen LogP contribution in [0.1, 0.15) is 20.7 Å². The first kappa shape index (κ1) is 19.4. The molecule has 2 rings (SSSR count). The van der Waals surface area contributed by atoms with E-state index in [-0.39, 0.29) is 5.56 Å². The van der Waals surface area contributed by atoms with Crippen LogP contribution in [0.3, 0.4) is 0 Å². The quantitative estimate of drug-likeness (QED) is 0.782. The third kappa shape index (κ3) is 2.70. The number of alkyl halides is 7. The van der Waals surface area contributed by atoms with Crippen molar-refractivity contribution in [2.45, 2.75) is 18.0 Å². The van der Waals surface area contributed by atoms with E-state index in [0.29, 0.717) is 0 Å². The molecule has 3 N–H and O–H groups in total. The Kier molecular flexibility index (Phi) is 4.34. The van der Waals surface area contributed by atoms with Gasteiger partial charge in [0.2, 0.25) is 11.6 Å². The van der Waals surface area contributed by atoms with Gasteiger partial charge in [-0.3, -0.25) is 14.4 Å². The van der Waals surface area contributed by atoms with Crippen LogP contribution in [-0.2, 0) is 4.79 Å². The molecule has 1 aromatic carbocycles. The van der Waals surface area contributed by atoms with E-state index in [1.54, 1.807) is 0 Å². The van der Waals surface area contributed by atoms with Gasteiger partial charge in [0, 0.05) is 11.1 Å². The summed E-state index contributed by atoms with van der Waals surface area (Å²) in [6.45, 7) is 0. The first-order valence-corrected chi connectivity index (χ1v) is 6.55. The minimum absolute atomic E-state index is 0.250. The fourth-order valence-corrected chi connectivity index (χ4v) is 2.03. The molecule has 0 heterocycles. The Morgan fingerprint density at radius 2 is 1.35 bits per heavy atom. The van der Waals surface area contributed by atoms with E-state index in [2.05, 4.69) is 0 Å². The van der Waals surface area contributed by atoms with Gasteiger partial charge in [-0.05, 0) is 0 Å². The van der Waals surface area contributed by atoms with Crippen molar-refractivity contribution >= 4 is 17.5 Å². The van der Waals surface area contributed by atoms with Gasteiger partial charge in [0.25, 0.3) is 0 Å². The molecule has 0 aromatic heterocycles. The van der Waals surface area contributed by atoms with Gasteiger partial charge < -0.3 is 11.1 Å². The lowest BCUT2D eigenvalue weighted by Gasteiger charge is -2.28. The fourth-order valence-electron chi connectivity index (χ4n) is 2.03. The van der Waals surface area contributed by atoms with Crippen molar-refractivity contribution in [3.63, 3.8) is 0 Å². The van der Waals surface area contributed by atoms with E-state index in [1.807, 2.05) is 0 Å². The Bertz CT molecular complexity index is 843. The zero-order chi connectivity index (χ0) is 20.1. The summed E-state index contributed by atoms with van der Waals surface area (Å²) in [6.07, 6.45) is -6.74. The van der Waals surface area contributed by atoms with Crippen LogP contribution >= 0.6 is 0 Å². The smallest absolute Gasteiger partial charge is 0.394 e. The molecule has 5 nitrogen and oxygen atoms in total. The SMILES string of the molecule is NC1=C(NC(=O)C(F)(F)C(F)(F)C(F)(F)F)C(=O)c2ccccc2C1=O. The Labute approximate surface area is 139 Å². The molecule has 0 bridgehead atoms. The monoisotopic (exact) mass is 384 g/mol. The molecule has 1 aromatic rings. The van der Waals surface area contributed by atoms with Crippen molar-refractivity contribution in [2.24, 2.45) is 5.73 Å². The van der Waals surface area contributed by atoms with E-state index in [0.717, 1.165) is 17.4 Å². The van der Waals surface area contributed by atoms with Crippen molar-refractivity contribution in [2.75, 3.05) is 0 Å². The first-order valence-electron chi connectivity index (χ1n) is 6.55. The molecule has 0 fully saturated rings. The molecule has 140 valence electrons. The molecule has 0 aliphatic heterocycles. The van der Waals surface area contributed by atoms with Crippen LogP contribution in [0.2, 0.25) is 0 Å². The van der Waals surface area contributed by atoms with Crippen LogP contribution in [0, 0.1) is 0 Å². The topological polar surface area (TPSA) is 89.3 Å². The maximum absolute atomic E-state index is 13.4. The number of allylic oxidation sites excluding steroid dienone is 2. The van der Waals surface area contributed by atoms with Crippen molar-refractivity contribution in [3.8, 4) is 0 Å². The van der Waals surface area contributed by atoms with Crippen LogP contribution in [-0.4, -0.2) is 35.5 Å². The normalized spacial score (nSPS) is 15.8. The second-order valence-corrected chi connectivity index (χ2v) is 5.09. The third-order valence-electron chi connectivity index (χ3n) is 3.43. The van der Waals surface area contributed by atoms with Crippen LogP contribution in [0.5, 0.6) is 0 Å². The molecule has 0 atom stereocenters. The van der Waals surface area contributed by atoms with Gasteiger partial charge in [-0.2, -0.15) is 30.7 Å². The molecule has 1 amide bonds. The summed E-state index contributed by atoms with van der Waals surface area (Å²) in [7, 11) is 0. The molecule has 0 radical (unpaired) electrons. The number of Topliss-reactive ketones (excluding diaryl/α,β-unsaturated/α-hetero) is 2. The van der Waals surface area contributed by atoms with Crippen molar-refractivity contribution in [1.29, 1.82) is 0 Å². The summed E-state index contributed by atoms with van der Waals surface area (Å²) in [5.41, 5.74) is 2.22. The molecular weight excluding hydrogens is 377 g/mol. The Hall–Kier alpha value is -2.92. The lowest BCUT2D eigenvalue weighted by atomic mass is 9.90. The summed E-state index contributed by atoms with van der Waals surface area (Å²) in [5, 5.41) is 0.924. The second-order valence-electron chi connectivity index (χ2n) is 5.09. The van der Waals surface area contributed by atoms with Gasteiger partial charge in [0.15, 0.2) is 0 Å². The number of hydrogen-bond donors (Lipinski definition) is 2. The molecule has 26 heavy (non-hydrogen) atoms. The Morgan fingerprint density at radius 1 is 0.885 bits per heavy atom. The summed E-state index contributed by atoms with van der Waals surface area (Å²) in [6, 6.07) is 4.79. The highest BCUT2D eigenvalue weighted by atomic mass is 19.4. The number of amides is 1. The highest BCUT2D eigenvalue weighted by molar-refractivity contribution is 6.27. The number of carbonyl (C=O) groups excluding carboxylic acids is 3. The number of nitrogens with one attached hydrogen (secondary N) is 1. The number of nitrogens with two attached hydrogens (primary N) is 1. The van der Waals surface area contributed by atoms with Crippen LogP contribution in [0.4, 0.5) is 30.7 Å². The van der Waals surface area contributed by atoms with Gasteiger partial charge in [0.05, 0.1) is 0 Å². The van der Waals surface area contributed by atoms with E-state index >= 15 is 0 Å². The standard InChI is InChI=1S/C14H7F7N2O3/c15-12(16,13(17,18)14(19,20)21)11(26)23-8-7(22)9(24)5-3-1-2-4-6(5)10(8)25/h1-4H,22H2,(H,23,26). The largest absolute Gasteiger partial charge is 0.460 e. The molecule has 0 spiro atoms. The molecule has 0 saturated heterocycles. The van der Waals surface area contributed by atoms with E-state index in [1.165, 1.54) is 12.1 Å². The lowest BCUT2D eigenvalue weighted by molar-refractivity contribution is -0.343. The number of rotatable bonds is 3. The van der Waals surface area contributed by atoms with E-state index in [4.69, 9.17) is 5.73 Å². The molecule has 1 aliphatic rings. The number of ketones is 2. The molecule has 12 heteroatoms. The molecule has 0 unspecified atom stereocenters. The van der Waals surface area contributed by atoms with Gasteiger partial charge in [-0.15, -0.1) is 0 Å². The average molecular weight is 384 g/mol. The Morgan fingerprint density at radius 3 is 1.81 bits per heavy atom. The number of benzene rings is 1. The minimum atomic E-state index is -6.74. The highest BCUT2D eigenvalue weighted by Crippen LogP contribution is 2.46. The predicted octanol–water partition coefficient (Wildman–Crippen LogP) is 2.19. The number of carbonyl (C=O) groups is 3. The van der Waals surface area contributed by atoms with Gasteiger partial charge in [0.1, 0.15) is 11.4 Å². The third-order valence-corrected chi connectivity index (χ3v) is 3.43. The molecule has 1 aliphatic carbocycles. The second kappa shape index (κ2) is 5.81. The molecular formula is C14H7F7N2O3. The van der Waals surface area contributed by atoms with Crippen LogP contribution < -0.4 is 11.1 Å². The summed E-state index contributed by atoms with van der Waals surface area (Å²) in [5.74, 6) is -18.5. The highest BCUT2D eigenvalue weighted by Gasteiger charge is 2.76. The van der Waals surface area contributed by atoms with Crippen molar-refractivity contribution in [1.82, 2.24) is 5.32 Å². The predicted molar refractivity (Wildman–Crippen MR) is 70.4 cm³/mol. The number of fused-ring (bicyclic) bond motifs is 1. The van der Waals surface area contributed by atoms with Crippen LogP contribution in [0.25, 0.3) is 0 Å². The van der Waals surface area contributed by atoms with Gasteiger partial charge >= 0.3 is 23.9 Å².